The Hall–Kier alpha value is -0.980. The molecule has 0 aliphatic carbocycles. The lowest BCUT2D eigenvalue weighted by molar-refractivity contribution is -0.272. The van der Waals surface area contributed by atoms with Gasteiger partial charge in [0.15, 0.2) is 5.60 Å². The summed E-state index contributed by atoms with van der Waals surface area (Å²) >= 11 is 0. The summed E-state index contributed by atoms with van der Waals surface area (Å²) in [5.41, 5.74) is 1.02. The first kappa shape index (κ1) is 17.4. The molecule has 3 rings (SSSR count). The molecule has 1 fully saturated rings. The molecule has 2 aliphatic rings. The zero-order valence-electron chi connectivity index (χ0n) is 12.1. The van der Waals surface area contributed by atoms with Crippen LogP contribution in [0.3, 0.4) is 0 Å². The van der Waals surface area contributed by atoms with Crippen LogP contribution < -0.4 is 5.32 Å². The highest BCUT2D eigenvalue weighted by Gasteiger charge is 2.54. The standard InChI is InChI=1S/C15H19F3N2O.ClH/c16-15(17,18)14(21)5-8-20(9-6-14)10-12-3-1-2-11-4-7-19-13(11)12;/h1-3,19,21H,4-10H2;1H. The predicted molar refractivity (Wildman–Crippen MR) is 81.4 cm³/mol. The molecule has 0 aromatic heterocycles. The number of halogens is 4. The second-order valence-corrected chi connectivity index (χ2v) is 5.93. The van der Waals surface area contributed by atoms with Gasteiger partial charge in [-0.05, 0) is 30.4 Å². The minimum Gasteiger partial charge on any atom is -0.384 e. The monoisotopic (exact) mass is 336 g/mol. The number of fused-ring (bicyclic) bond motifs is 1. The van der Waals surface area contributed by atoms with E-state index in [0.717, 1.165) is 24.2 Å². The summed E-state index contributed by atoms with van der Waals surface area (Å²) in [6.07, 6.45) is -4.04. The number of rotatable bonds is 2. The zero-order chi connectivity index (χ0) is 15.1. The third-order valence-corrected chi connectivity index (χ3v) is 4.54. The molecule has 0 spiro atoms. The minimum absolute atomic E-state index is 0. The first-order chi connectivity index (χ1) is 9.89. The Morgan fingerprint density at radius 3 is 2.55 bits per heavy atom. The van der Waals surface area contributed by atoms with E-state index in [9.17, 15) is 18.3 Å². The van der Waals surface area contributed by atoms with Gasteiger partial charge in [0.2, 0.25) is 0 Å². The van der Waals surface area contributed by atoms with Crippen LogP contribution in [-0.2, 0) is 13.0 Å². The number of para-hydroxylation sites is 1. The lowest BCUT2D eigenvalue weighted by Crippen LogP contribution is -2.53. The number of benzene rings is 1. The van der Waals surface area contributed by atoms with Gasteiger partial charge < -0.3 is 10.4 Å². The zero-order valence-corrected chi connectivity index (χ0v) is 12.9. The summed E-state index contributed by atoms with van der Waals surface area (Å²) in [6, 6.07) is 6.09. The minimum atomic E-state index is -4.53. The molecule has 22 heavy (non-hydrogen) atoms. The van der Waals surface area contributed by atoms with Gasteiger partial charge in [-0.3, -0.25) is 4.90 Å². The summed E-state index contributed by atoms with van der Waals surface area (Å²) in [5.74, 6) is 0. The summed E-state index contributed by atoms with van der Waals surface area (Å²) in [6.45, 7) is 2.07. The van der Waals surface area contributed by atoms with Gasteiger partial charge in [-0.25, -0.2) is 0 Å². The third kappa shape index (κ3) is 3.19. The van der Waals surface area contributed by atoms with Crippen molar-refractivity contribution in [1.82, 2.24) is 4.90 Å². The lowest BCUT2D eigenvalue weighted by Gasteiger charge is -2.39. The molecule has 1 aromatic rings. The SMILES string of the molecule is Cl.OC1(C(F)(F)F)CCN(Cc2cccc3c2NCC3)CC1. The predicted octanol–water partition coefficient (Wildman–Crippen LogP) is 2.97. The van der Waals surface area contributed by atoms with Crippen LogP contribution in [-0.4, -0.2) is 41.4 Å². The average molecular weight is 337 g/mol. The fourth-order valence-electron chi connectivity index (χ4n) is 3.15. The number of hydrogen-bond acceptors (Lipinski definition) is 3. The highest BCUT2D eigenvalue weighted by atomic mass is 35.5. The first-order valence-corrected chi connectivity index (χ1v) is 7.25. The van der Waals surface area contributed by atoms with Crippen molar-refractivity contribution in [3.8, 4) is 0 Å². The van der Waals surface area contributed by atoms with Crippen LogP contribution in [0.25, 0.3) is 0 Å². The molecule has 0 radical (unpaired) electrons. The molecule has 1 saturated heterocycles. The van der Waals surface area contributed by atoms with Crippen LogP contribution in [0, 0.1) is 0 Å². The Morgan fingerprint density at radius 2 is 1.91 bits per heavy atom. The molecular formula is C15H20ClF3N2O. The smallest absolute Gasteiger partial charge is 0.384 e. The maximum absolute atomic E-state index is 12.8. The Bertz CT molecular complexity index is 528. The van der Waals surface area contributed by atoms with Gasteiger partial charge in [0.05, 0.1) is 0 Å². The molecule has 0 amide bonds. The first-order valence-electron chi connectivity index (χ1n) is 7.25. The van der Waals surface area contributed by atoms with Crippen LogP contribution in [0.4, 0.5) is 18.9 Å². The Labute approximate surface area is 133 Å². The molecule has 0 unspecified atom stereocenters. The van der Waals surface area contributed by atoms with E-state index in [1.54, 1.807) is 0 Å². The van der Waals surface area contributed by atoms with Crippen molar-refractivity contribution in [2.24, 2.45) is 0 Å². The number of hydrogen-bond donors (Lipinski definition) is 2. The van der Waals surface area contributed by atoms with E-state index in [-0.39, 0.29) is 38.3 Å². The third-order valence-electron chi connectivity index (χ3n) is 4.54. The number of nitrogens with one attached hydrogen (secondary N) is 1. The number of likely N-dealkylation sites (tertiary alicyclic amines) is 1. The molecule has 0 bridgehead atoms. The van der Waals surface area contributed by atoms with Gasteiger partial charge in [-0.2, -0.15) is 13.2 Å². The van der Waals surface area contributed by atoms with E-state index in [2.05, 4.69) is 11.4 Å². The molecule has 2 heterocycles. The largest absolute Gasteiger partial charge is 0.417 e. The highest BCUT2D eigenvalue weighted by molar-refractivity contribution is 5.85. The van der Waals surface area contributed by atoms with Crippen molar-refractivity contribution in [3.63, 3.8) is 0 Å². The molecule has 2 aliphatic heterocycles. The summed E-state index contributed by atoms with van der Waals surface area (Å²) in [4.78, 5) is 1.98. The lowest BCUT2D eigenvalue weighted by atomic mass is 9.90. The van der Waals surface area contributed by atoms with Crippen LogP contribution in [0.5, 0.6) is 0 Å². The van der Waals surface area contributed by atoms with E-state index in [4.69, 9.17) is 0 Å². The van der Waals surface area contributed by atoms with Gasteiger partial charge in [0, 0.05) is 31.9 Å². The highest BCUT2D eigenvalue weighted by Crippen LogP contribution is 2.39. The van der Waals surface area contributed by atoms with Gasteiger partial charge in [-0.1, -0.05) is 18.2 Å². The normalized spacial score (nSPS) is 20.9. The van der Waals surface area contributed by atoms with Crippen LogP contribution in [0.1, 0.15) is 24.0 Å². The Morgan fingerprint density at radius 1 is 1.23 bits per heavy atom. The topological polar surface area (TPSA) is 35.5 Å². The molecule has 0 atom stereocenters. The second-order valence-electron chi connectivity index (χ2n) is 5.93. The number of piperidine rings is 1. The van der Waals surface area contributed by atoms with E-state index in [1.807, 2.05) is 17.0 Å². The van der Waals surface area contributed by atoms with E-state index < -0.39 is 11.8 Å². The van der Waals surface area contributed by atoms with Crippen molar-refractivity contribution in [2.45, 2.75) is 37.6 Å². The van der Waals surface area contributed by atoms with E-state index >= 15 is 0 Å². The number of aliphatic hydroxyl groups is 1. The molecule has 7 heteroatoms. The van der Waals surface area contributed by atoms with Gasteiger partial charge in [0.1, 0.15) is 0 Å². The van der Waals surface area contributed by atoms with Crippen molar-refractivity contribution >= 4 is 18.1 Å². The van der Waals surface area contributed by atoms with Crippen molar-refractivity contribution in [1.29, 1.82) is 0 Å². The molecule has 124 valence electrons. The fourth-order valence-corrected chi connectivity index (χ4v) is 3.15. The summed E-state index contributed by atoms with van der Waals surface area (Å²) in [5, 5.41) is 13.0. The van der Waals surface area contributed by atoms with Gasteiger partial charge >= 0.3 is 6.18 Å². The Balaban J connectivity index is 0.00000176. The maximum atomic E-state index is 12.8. The van der Waals surface area contributed by atoms with Gasteiger partial charge in [0.25, 0.3) is 0 Å². The van der Waals surface area contributed by atoms with Gasteiger partial charge in [-0.15, -0.1) is 12.4 Å². The molecule has 0 saturated carbocycles. The summed E-state index contributed by atoms with van der Waals surface area (Å²) in [7, 11) is 0. The van der Waals surface area contributed by atoms with Crippen molar-refractivity contribution in [2.75, 3.05) is 25.0 Å². The van der Waals surface area contributed by atoms with Crippen molar-refractivity contribution in [3.05, 3.63) is 29.3 Å². The second kappa shape index (κ2) is 6.26. The van der Waals surface area contributed by atoms with E-state index in [1.165, 1.54) is 5.56 Å². The summed E-state index contributed by atoms with van der Waals surface area (Å²) < 4.78 is 38.3. The van der Waals surface area contributed by atoms with Crippen LogP contribution in [0.15, 0.2) is 18.2 Å². The molecule has 1 aromatic carbocycles. The number of nitrogens with zero attached hydrogens (tertiary/aromatic N) is 1. The van der Waals surface area contributed by atoms with E-state index in [0.29, 0.717) is 6.54 Å². The molecule has 2 N–H and O–H groups in total. The average Bonchev–Trinajstić information content (AvgIpc) is 2.90. The number of anilines is 1. The Kier molecular flexibility index (Phi) is 4.94. The fraction of sp³-hybridized carbons (Fsp3) is 0.600. The molecule has 3 nitrogen and oxygen atoms in total. The quantitative estimate of drug-likeness (QED) is 0.871. The number of alkyl halides is 3. The van der Waals surface area contributed by atoms with Crippen molar-refractivity contribution < 1.29 is 18.3 Å². The molecular weight excluding hydrogens is 317 g/mol. The van der Waals surface area contributed by atoms with Crippen LogP contribution in [0.2, 0.25) is 0 Å². The maximum Gasteiger partial charge on any atom is 0.417 e. The van der Waals surface area contributed by atoms with Crippen LogP contribution >= 0.6 is 12.4 Å².